The summed E-state index contributed by atoms with van der Waals surface area (Å²) in [6.45, 7) is 7.32. The number of ether oxygens (including phenoxy) is 1. The second-order valence-electron chi connectivity index (χ2n) is 9.65. The van der Waals surface area contributed by atoms with E-state index >= 15 is 0 Å². The summed E-state index contributed by atoms with van der Waals surface area (Å²) in [5, 5.41) is 10.1. The third kappa shape index (κ3) is 5.59. The van der Waals surface area contributed by atoms with Crippen LogP contribution in [0.1, 0.15) is 46.1 Å². The fourth-order valence-corrected chi connectivity index (χ4v) is 5.12. The van der Waals surface area contributed by atoms with Gasteiger partial charge in [0.05, 0.1) is 18.8 Å². The van der Waals surface area contributed by atoms with Gasteiger partial charge in [-0.15, -0.1) is 0 Å². The minimum atomic E-state index is 0.0704. The molecule has 6 heteroatoms. The first-order valence-electron chi connectivity index (χ1n) is 12.9. The van der Waals surface area contributed by atoms with Gasteiger partial charge in [0, 0.05) is 49.9 Å². The number of nitrogens with zero attached hydrogens (tertiary/aromatic N) is 3. The molecule has 0 fully saturated rings. The highest BCUT2D eigenvalue weighted by molar-refractivity contribution is 5.42. The molecule has 0 aliphatic carbocycles. The number of aromatic nitrogens is 2. The van der Waals surface area contributed by atoms with Gasteiger partial charge in [0.25, 0.3) is 5.56 Å². The van der Waals surface area contributed by atoms with Crippen molar-refractivity contribution in [2.45, 2.75) is 46.3 Å². The molecule has 5 rings (SSSR count). The van der Waals surface area contributed by atoms with Crippen LogP contribution in [0.5, 0.6) is 11.5 Å². The molecule has 0 bridgehead atoms. The first-order chi connectivity index (χ1) is 18.0. The maximum atomic E-state index is 13.7. The molecule has 0 unspecified atom stereocenters. The molecule has 37 heavy (non-hydrogen) atoms. The van der Waals surface area contributed by atoms with Gasteiger partial charge in [-0.05, 0) is 66.4 Å². The van der Waals surface area contributed by atoms with Gasteiger partial charge in [-0.3, -0.25) is 14.7 Å². The van der Waals surface area contributed by atoms with E-state index in [1.54, 1.807) is 12.3 Å². The second kappa shape index (κ2) is 11.0. The molecule has 0 spiro atoms. The average Bonchev–Trinajstić information content (AvgIpc) is 2.90. The van der Waals surface area contributed by atoms with Crippen molar-refractivity contribution in [1.82, 2.24) is 14.5 Å². The van der Waals surface area contributed by atoms with E-state index in [4.69, 9.17) is 4.74 Å². The van der Waals surface area contributed by atoms with Crippen LogP contribution in [0.25, 0.3) is 0 Å². The molecule has 2 aromatic carbocycles. The number of phenols is 1. The van der Waals surface area contributed by atoms with Crippen molar-refractivity contribution in [3.63, 3.8) is 0 Å². The molecule has 1 N–H and O–H groups in total. The van der Waals surface area contributed by atoms with Crippen LogP contribution >= 0.6 is 0 Å². The zero-order chi connectivity index (χ0) is 25.8. The largest absolute Gasteiger partial charge is 0.504 e. The Labute approximate surface area is 217 Å². The van der Waals surface area contributed by atoms with E-state index in [0.29, 0.717) is 25.3 Å². The van der Waals surface area contributed by atoms with Gasteiger partial charge in [0.15, 0.2) is 11.5 Å². The van der Waals surface area contributed by atoms with Gasteiger partial charge in [-0.25, -0.2) is 0 Å². The number of hydrogen-bond acceptors (Lipinski definition) is 5. The van der Waals surface area contributed by atoms with Crippen molar-refractivity contribution in [2.75, 3.05) is 13.2 Å². The molecule has 2 aromatic heterocycles. The van der Waals surface area contributed by atoms with Gasteiger partial charge >= 0.3 is 0 Å². The lowest BCUT2D eigenvalue weighted by molar-refractivity contribution is 0.239. The standard InChI is InChI=1S/C31H33N3O3/c1-3-37-30-16-23(11-12-29(30)35)19-33-15-13-28-26(20-33)18-25(17-24-9-5-4-8-22(24)2)31(36)34(28)21-27-10-6-7-14-32-27/h4-12,14,16,18,35H,3,13,15,17,19-21H2,1-2H3. The first-order valence-corrected chi connectivity index (χ1v) is 12.9. The van der Waals surface area contributed by atoms with E-state index in [-0.39, 0.29) is 11.3 Å². The minimum absolute atomic E-state index is 0.0704. The van der Waals surface area contributed by atoms with Crippen LogP contribution in [-0.2, 0) is 32.5 Å². The number of rotatable bonds is 8. The third-order valence-corrected chi connectivity index (χ3v) is 7.04. The molecule has 0 radical (unpaired) electrons. The smallest absolute Gasteiger partial charge is 0.254 e. The monoisotopic (exact) mass is 495 g/mol. The quantitative estimate of drug-likeness (QED) is 0.378. The van der Waals surface area contributed by atoms with Crippen molar-refractivity contribution in [2.24, 2.45) is 0 Å². The molecule has 4 aromatic rings. The average molecular weight is 496 g/mol. The lowest BCUT2D eigenvalue weighted by Crippen LogP contribution is -2.37. The summed E-state index contributed by atoms with van der Waals surface area (Å²) in [6.07, 6.45) is 3.18. The zero-order valence-corrected chi connectivity index (χ0v) is 21.5. The van der Waals surface area contributed by atoms with Crippen molar-refractivity contribution in [3.05, 3.63) is 122 Å². The van der Waals surface area contributed by atoms with Gasteiger partial charge in [0.1, 0.15) is 0 Å². The van der Waals surface area contributed by atoms with E-state index in [2.05, 4.69) is 35.0 Å². The number of phenolic OH excluding ortho intramolecular Hbond substituents is 1. The lowest BCUT2D eigenvalue weighted by Gasteiger charge is -2.31. The van der Waals surface area contributed by atoms with Crippen LogP contribution in [0.15, 0.2) is 77.7 Å². The van der Waals surface area contributed by atoms with E-state index in [9.17, 15) is 9.90 Å². The summed E-state index contributed by atoms with van der Waals surface area (Å²) >= 11 is 0. The fraction of sp³-hybridized carbons (Fsp3) is 0.290. The van der Waals surface area contributed by atoms with Gasteiger partial charge in [-0.1, -0.05) is 36.4 Å². The first kappa shape index (κ1) is 24.8. The molecule has 3 heterocycles. The molecular formula is C31H33N3O3. The normalized spacial score (nSPS) is 13.4. The van der Waals surface area contributed by atoms with Crippen molar-refractivity contribution >= 4 is 0 Å². The Balaban J connectivity index is 1.48. The summed E-state index contributed by atoms with van der Waals surface area (Å²) in [4.78, 5) is 20.6. The molecule has 0 amide bonds. The van der Waals surface area contributed by atoms with Crippen LogP contribution in [0.3, 0.4) is 0 Å². The topological polar surface area (TPSA) is 67.6 Å². The van der Waals surface area contributed by atoms with Gasteiger partial charge in [0.2, 0.25) is 0 Å². The highest BCUT2D eigenvalue weighted by Crippen LogP contribution is 2.29. The third-order valence-electron chi connectivity index (χ3n) is 7.04. The summed E-state index contributed by atoms with van der Waals surface area (Å²) in [6, 6.07) is 21.8. The molecule has 1 aliphatic heterocycles. The van der Waals surface area contributed by atoms with Crippen LogP contribution in [0, 0.1) is 6.92 Å². The van der Waals surface area contributed by atoms with E-state index in [1.165, 1.54) is 16.7 Å². The minimum Gasteiger partial charge on any atom is -0.504 e. The Morgan fingerprint density at radius 3 is 2.62 bits per heavy atom. The Bertz CT molecular complexity index is 1450. The number of aromatic hydroxyl groups is 1. The summed E-state index contributed by atoms with van der Waals surface area (Å²) in [7, 11) is 0. The Morgan fingerprint density at radius 1 is 1.00 bits per heavy atom. The van der Waals surface area contributed by atoms with Crippen LogP contribution in [0.4, 0.5) is 0 Å². The van der Waals surface area contributed by atoms with E-state index < -0.39 is 0 Å². The van der Waals surface area contributed by atoms with E-state index in [0.717, 1.165) is 48.6 Å². The maximum absolute atomic E-state index is 13.7. The second-order valence-corrected chi connectivity index (χ2v) is 9.65. The lowest BCUT2D eigenvalue weighted by atomic mass is 9.97. The number of aryl methyl sites for hydroxylation is 1. The van der Waals surface area contributed by atoms with Gasteiger partial charge in [-0.2, -0.15) is 0 Å². The van der Waals surface area contributed by atoms with Crippen molar-refractivity contribution in [3.8, 4) is 11.5 Å². The highest BCUT2D eigenvalue weighted by atomic mass is 16.5. The SMILES string of the molecule is CCOc1cc(CN2CCc3c(cc(Cc4ccccc4C)c(=O)n3Cc3ccccn3)C2)ccc1O. The molecule has 0 atom stereocenters. The summed E-state index contributed by atoms with van der Waals surface area (Å²) in [5.41, 5.74) is 7.51. The predicted octanol–water partition coefficient (Wildman–Crippen LogP) is 4.85. The zero-order valence-electron chi connectivity index (χ0n) is 21.5. The van der Waals surface area contributed by atoms with Crippen LogP contribution in [0.2, 0.25) is 0 Å². The molecule has 1 aliphatic rings. The summed E-state index contributed by atoms with van der Waals surface area (Å²) < 4.78 is 7.52. The fourth-order valence-electron chi connectivity index (χ4n) is 5.12. The van der Waals surface area contributed by atoms with Crippen LogP contribution in [-0.4, -0.2) is 32.7 Å². The highest BCUT2D eigenvalue weighted by Gasteiger charge is 2.23. The number of pyridine rings is 2. The number of fused-ring (bicyclic) bond motifs is 1. The Kier molecular flexibility index (Phi) is 7.37. The summed E-state index contributed by atoms with van der Waals surface area (Å²) in [5.74, 6) is 0.677. The molecule has 190 valence electrons. The molecule has 0 saturated heterocycles. The Hall–Kier alpha value is -3.90. The van der Waals surface area contributed by atoms with Crippen molar-refractivity contribution in [1.29, 1.82) is 0 Å². The number of benzene rings is 2. The molecule has 0 saturated carbocycles. The Morgan fingerprint density at radius 2 is 1.84 bits per heavy atom. The maximum Gasteiger partial charge on any atom is 0.254 e. The predicted molar refractivity (Wildman–Crippen MR) is 145 cm³/mol. The van der Waals surface area contributed by atoms with Crippen LogP contribution < -0.4 is 10.3 Å². The molecule has 6 nitrogen and oxygen atoms in total. The van der Waals surface area contributed by atoms with Crippen molar-refractivity contribution < 1.29 is 9.84 Å². The van der Waals surface area contributed by atoms with E-state index in [1.807, 2.05) is 54.0 Å². The molecular weight excluding hydrogens is 462 g/mol. The van der Waals surface area contributed by atoms with Gasteiger partial charge < -0.3 is 14.4 Å². The number of hydrogen-bond donors (Lipinski definition) is 1.